The molecule has 0 amide bonds. The van der Waals surface area contributed by atoms with Gasteiger partial charge in [0.1, 0.15) is 5.44 Å². The topological polar surface area (TPSA) is 20.2 Å². The molecule has 0 aliphatic carbocycles. The first-order valence-corrected chi connectivity index (χ1v) is 3.81. The van der Waals surface area contributed by atoms with E-state index in [2.05, 4.69) is 0 Å². The molecule has 0 fully saturated rings. The first-order valence-electron chi connectivity index (χ1n) is 2.52. The Labute approximate surface area is 54.8 Å². The van der Waals surface area contributed by atoms with Crippen LogP contribution in [-0.2, 0) is 0 Å². The number of hydrogen-bond donors (Lipinski definition) is 1. The van der Waals surface area contributed by atoms with E-state index in [1.165, 1.54) is 11.8 Å². The summed E-state index contributed by atoms with van der Waals surface area (Å²) in [4.78, 5) is 0. The normalized spacial score (nSPS) is 13.0. The van der Waals surface area contributed by atoms with E-state index in [4.69, 9.17) is 5.11 Å². The molecule has 0 saturated carbocycles. The van der Waals surface area contributed by atoms with Crippen molar-refractivity contribution < 1.29 is 5.11 Å². The van der Waals surface area contributed by atoms with Gasteiger partial charge >= 0.3 is 0 Å². The molecule has 2 heteroatoms. The summed E-state index contributed by atoms with van der Waals surface area (Å²) in [6.07, 6.45) is 3.70. The summed E-state index contributed by atoms with van der Waals surface area (Å²) in [6, 6.07) is 0. The quantitative estimate of drug-likeness (QED) is 0.455. The molecule has 0 bridgehead atoms. The van der Waals surface area contributed by atoms with Gasteiger partial charge in [0.25, 0.3) is 0 Å². The predicted molar refractivity (Wildman–Crippen MR) is 39.0 cm³/mol. The standard InChI is InChI=1S/C6H12OS/c1-5(2)4-6(7)8-3/h4,6-7H,1-3H3. The molecule has 0 aromatic carbocycles. The summed E-state index contributed by atoms with van der Waals surface area (Å²) < 4.78 is 0. The second kappa shape index (κ2) is 3.98. The summed E-state index contributed by atoms with van der Waals surface area (Å²) >= 11 is 1.43. The molecule has 1 N–H and O–H groups in total. The number of thioether (sulfide) groups is 1. The molecule has 0 aliphatic heterocycles. The van der Waals surface area contributed by atoms with Crippen LogP contribution >= 0.6 is 11.8 Å². The SMILES string of the molecule is CSC(O)C=C(C)C. The van der Waals surface area contributed by atoms with E-state index < -0.39 is 0 Å². The second-order valence-electron chi connectivity index (χ2n) is 1.87. The molecule has 0 aromatic heterocycles. The van der Waals surface area contributed by atoms with Crippen molar-refractivity contribution in [3.05, 3.63) is 11.6 Å². The molecule has 0 spiro atoms. The molecule has 0 radical (unpaired) electrons. The lowest BCUT2D eigenvalue weighted by Gasteiger charge is -1.98. The van der Waals surface area contributed by atoms with Gasteiger partial charge in [0.2, 0.25) is 0 Å². The largest absolute Gasteiger partial charge is 0.379 e. The minimum Gasteiger partial charge on any atom is -0.379 e. The van der Waals surface area contributed by atoms with Gasteiger partial charge in [0.05, 0.1) is 0 Å². The van der Waals surface area contributed by atoms with E-state index in [9.17, 15) is 0 Å². The highest BCUT2D eigenvalue weighted by Crippen LogP contribution is 2.05. The van der Waals surface area contributed by atoms with E-state index in [-0.39, 0.29) is 5.44 Å². The van der Waals surface area contributed by atoms with Crippen molar-refractivity contribution in [3.63, 3.8) is 0 Å². The molecule has 1 atom stereocenters. The average molecular weight is 132 g/mol. The van der Waals surface area contributed by atoms with Crippen molar-refractivity contribution in [2.75, 3.05) is 6.26 Å². The predicted octanol–water partition coefficient (Wildman–Crippen LogP) is 1.63. The number of rotatable bonds is 2. The average Bonchev–Trinajstić information content (AvgIpc) is 1.65. The molecule has 0 heterocycles. The first kappa shape index (κ1) is 8.05. The minimum atomic E-state index is -0.319. The van der Waals surface area contributed by atoms with Crippen molar-refractivity contribution in [2.45, 2.75) is 19.3 Å². The van der Waals surface area contributed by atoms with E-state index in [1.807, 2.05) is 26.2 Å². The van der Waals surface area contributed by atoms with Gasteiger partial charge in [-0.1, -0.05) is 5.57 Å². The van der Waals surface area contributed by atoms with Crippen LogP contribution in [0.5, 0.6) is 0 Å². The van der Waals surface area contributed by atoms with E-state index >= 15 is 0 Å². The van der Waals surface area contributed by atoms with Crippen LogP contribution in [0, 0.1) is 0 Å². The molecule has 1 unspecified atom stereocenters. The van der Waals surface area contributed by atoms with Crippen LogP contribution < -0.4 is 0 Å². The zero-order chi connectivity index (χ0) is 6.57. The Morgan fingerprint density at radius 3 is 2.25 bits per heavy atom. The summed E-state index contributed by atoms with van der Waals surface area (Å²) in [6.45, 7) is 3.94. The van der Waals surface area contributed by atoms with Gasteiger partial charge < -0.3 is 5.11 Å². The van der Waals surface area contributed by atoms with Crippen LogP contribution in [0.25, 0.3) is 0 Å². The molecule has 0 saturated heterocycles. The maximum atomic E-state index is 8.91. The fourth-order valence-corrected chi connectivity index (χ4v) is 0.761. The Morgan fingerprint density at radius 2 is 2.12 bits per heavy atom. The zero-order valence-electron chi connectivity index (χ0n) is 5.51. The van der Waals surface area contributed by atoms with Crippen LogP contribution in [0.15, 0.2) is 11.6 Å². The van der Waals surface area contributed by atoms with Gasteiger partial charge in [0, 0.05) is 0 Å². The smallest absolute Gasteiger partial charge is 0.118 e. The molecule has 0 rings (SSSR count). The Bertz CT molecular complexity index is 84.5. The third-order valence-electron chi connectivity index (χ3n) is 0.717. The van der Waals surface area contributed by atoms with Crippen LogP contribution in [0.1, 0.15) is 13.8 Å². The molecule has 0 aliphatic rings. The fraction of sp³-hybridized carbons (Fsp3) is 0.667. The van der Waals surface area contributed by atoms with E-state index in [1.54, 1.807) is 0 Å². The van der Waals surface area contributed by atoms with Crippen molar-refractivity contribution in [1.82, 2.24) is 0 Å². The third kappa shape index (κ3) is 4.22. The lowest BCUT2D eigenvalue weighted by atomic mass is 10.3. The minimum absolute atomic E-state index is 0.319. The monoisotopic (exact) mass is 132 g/mol. The number of allylic oxidation sites excluding steroid dienone is 1. The van der Waals surface area contributed by atoms with Gasteiger partial charge in [-0.05, 0) is 26.2 Å². The Hall–Kier alpha value is 0.0500. The highest BCUT2D eigenvalue weighted by atomic mass is 32.2. The van der Waals surface area contributed by atoms with Crippen molar-refractivity contribution in [2.24, 2.45) is 0 Å². The molecule has 1 nitrogen and oxygen atoms in total. The van der Waals surface area contributed by atoms with Gasteiger partial charge in [-0.15, -0.1) is 11.8 Å². The molecular formula is C6H12OS. The van der Waals surface area contributed by atoms with E-state index in [0.29, 0.717) is 0 Å². The summed E-state index contributed by atoms with van der Waals surface area (Å²) in [5.74, 6) is 0. The van der Waals surface area contributed by atoms with Gasteiger partial charge in [-0.3, -0.25) is 0 Å². The molecule has 0 aromatic rings. The van der Waals surface area contributed by atoms with Gasteiger partial charge in [0.15, 0.2) is 0 Å². The van der Waals surface area contributed by atoms with Crippen LogP contribution in [0.2, 0.25) is 0 Å². The number of aliphatic hydroxyl groups is 1. The first-order chi connectivity index (χ1) is 3.66. The van der Waals surface area contributed by atoms with Crippen molar-refractivity contribution in [3.8, 4) is 0 Å². The van der Waals surface area contributed by atoms with Crippen LogP contribution in [0.4, 0.5) is 0 Å². The fourth-order valence-electron chi connectivity index (χ4n) is 0.353. The summed E-state index contributed by atoms with van der Waals surface area (Å²) in [5, 5.41) is 8.91. The highest BCUT2D eigenvalue weighted by molar-refractivity contribution is 7.99. The summed E-state index contributed by atoms with van der Waals surface area (Å²) in [5.41, 5.74) is 0.840. The highest BCUT2D eigenvalue weighted by Gasteiger charge is 1.91. The Balaban J connectivity index is 3.51. The zero-order valence-corrected chi connectivity index (χ0v) is 6.33. The Morgan fingerprint density at radius 1 is 1.62 bits per heavy atom. The van der Waals surface area contributed by atoms with Crippen molar-refractivity contribution in [1.29, 1.82) is 0 Å². The second-order valence-corrected chi connectivity index (χ2v) is 2.82. The molecule has 48 valence electrons. The maximum absolute atomic E-state index is 8.91. The van der Waals surface area contributed by atoms with E-state index in [0.717, 1.165) is 5.57 Å². The number of hydrogen-bond acceptors (Lipinski definition) is 2. The van der Waals surface area contributed by atoms with Gasteiger partial charge in [-0.25, -0.2) is 0 Å². The molecule has 8 heavy (non-hydrogen) atoms. The lowest BCUT2D eigenvalue weighted by Crippen LogP contribution is -1.93. The summed E-state index contributed by atoms with van der Waals surface area (Å²) in [7, 11) is 0. The number of aliphatic hydroxyl groups excluding tert-OH is 1. The third-order valence-corrected chi connectivity index (χ3v) is 1.34. The maximum Gasteiger partial charge on any atom is 0.118 e. The van der Waals surface area contributed by atoms with Crippen molar-refractivity contribution >= 4 is 11.8 Å². The van der Waals surface area contributed by atoms with Crippen LogP contribution in [-0.4, -0.2) is 16.8 Å². The lowest BCUT2D eigenvalue weighted by molar-refractivity contribution is 0.309. The molecular weight excluding hydrogens is 120 g/mol. The van der Waals surface area contributed by atoms with Crippen LogP contribution in [0.3, 0.4) is 0 Å². The Kier molecular flexibility index (Phi) is 4.01. The van der Waals surface area contributed by atoms with Gasteiger partial charge in [-0.2, -0.15) is 0 Å².